The minimum absolute atomic E-state index is 0.0111. The number of amides is 1. The quantitative estimate of drug-likeness (QED) is 0.513. The number of benzene rings is 2. The third-order valence-electron chi connectivity index (χ3n) is 3.48. The Hall–Kier alpha value is -1.70. The Balaban J connectivity index is 1.79. The number of carbonyl (C=O) groups is 1. The van der Waals surface area contributed by atoms with Gasteiger partial charge < -0.3 is 10.6 Å². The van der Waals surface area contributed by atoms with Gasteiger partial charge in [0, 0.05) is 28.5 Å². The summed E-state index contributed by atoms with van der Waals surface area (Å²) in [5.74, 6) is 0.536. The maximum absolute atomic E-state index is 12.0. The van der Waals surface area contributed by atoms with Crippen molar-refractivity contribution in [2.24, 2.45) is 0 Å². The van der Waals surface area contributed by atoms with Gasteiger partial charge in [-0.2, -0.15) is 0 Å². The lowest BCUT2D eigenvalue weighted by Crippen LogP contribution is -2.31. The highest BCUT2D eigenvalue weighted by Crippen LogP contribution is 2.22. The van der Waals surface area contributed by atoms with Crippen LogP contribution in [0.5, 0.6) is 0 Å². The fourth-order valence-corrected chi connectivity index (χ4v) is 4.04. The minimum atomic E-state index is -3.37. The predicted molar refractivity (Wildman–Crippen MR) is 108 cm³/mol. The van der Waals surface area contributed by atoms with E-state index < -0.39 is 9.84 Å². The van der Waals surface area contributed by atoms with Gasteiger partial charge in [0.15, 0.2) is 9.84 Å². The number of aryl methyl sites for hydroxylation is 1. The summed E-state index contributed by atoms with van der Waals surface area (Å²) in [5.41, 5.74) is 1.28. The Morgan fingerprint density at radius 1 is 1.15 bits per heavy atom. The van der Waals surface area contributed by atoms with Crippen LogP contribution < -0.4 is 10.6 Å². The SMILES string of the molecule is Cc1ccc(NCC(=O)NCCSc2ccc(Cl)cc2)c(S(C)(=O)=O)c1. The Kier molecular flexibility index (Phi) is 7.37. The van der Waals surface area contributed by atoms with E-state index in [-0.39, 0.29) is 17.3 Å². The monoisotopic (exact) mass is 412 g/mol. The lowest BCUT2D eigenvalue weighted by molar-refractivity contribution is -0.119. The molecule has 2 rings (SSSR count). The summed E-state index contributed by atoms with van der Waals surface area (Å²) in [4.78, 5) is 13.2. The average Bonchev–Trinajstić information content (AvgIpc) is 2.58. The van der Waals surface area contributed by atoms with Gasteiger partial charge in [-0.1, -0.05) is 17.7 Å². The molecule has 2 N–H and O–H groups in total. The maximum Gasteiger partial charge on any atom is 0.239 e. The molecule has 26 heavy (non-hydrogen) atoms. The highest BCUT2D eigenvalue weighted by molar-refractivity contribution is 7.99. The number of halogens is 1. The molecule has 8 heteroatoms. The van der Waals surface area contributed by atoms with Gasteiger partial charge in [-0.25, -0.2) is 8.42 Å². The van der Waals surface area contributed by atoms with Crippen molar-refractivity contribution in [3.05, 3.63) is 53.1 Å². The fraction of sp³-hybridized carbons (Fsp3) is 0.278. The molecule has 0 fully saturated rings. The van der Waals surface area contributed by atoms with Crippen molar-refractivity contribution in [2.75, 3.05) is 30.4 Å². The molecular weight excluding hydrogens is 392 g/mol. The zero-order chi connectivity index (χ0) is 19.2. The van der Waals surface area contributed by atoms with E-state index in [2.05, 4.69) is 10.6 Å². The first-order valence-electron chi connectivity index (χ1n) is 7.95. The summed E-state index contributed by atoms with van der Waals surface area (Å²) in [6, 6.07) is 12.6. The number of rotatable bonds is 8. The average molecular weight is 413 g/mol. The van der Waals surface area contributed by atoms with Crippen LogP contribution in [0.3, 0.4) is 0 Å². The fourth-order valence-electron chi connectivity index (χ4n) is 2.21. The van der Waals surface area contributed by atoms with Crippen molar-refractivity contribution in [3.8, 4) is 0 Å². The van der Waals surface area contributed by atoms with Gasteiger partial charge in [0.05, 0.1) is 17.1 Å². The molecule has 5 nitrogen and oxygen atoms in total. The maximum atomic E-state index is 12.0. The van der Waals surface area contributed by atoms with Gasteiger partial charge >= 0.3 is 0 Å². The summed E-state index contributed by atoms with van der Waals surface area (Å²) in [6.45, 7) is 2.35. The zero-order valence-electron chi connectivity index (χ0n) is 14.6. The number of sulfone groups is 1. The number of thioether (sulfide) groups is 1. The molecule has 0 saturated carbocycles. The van der Waals surface area contributed by atoms with E-state index in [4.69, 9.17) is 11.6 Å². The van der Waals surface area contributed by atoms with E-state index in [1.165, 1.54) is 0 Å². The van der Waals surface area contributed by atoms with Crippen molar-refractivity contribution in [1.82, 2.24) is 5.32 Å². The molecule has 140 valence electrons. The van der Waals surface area contributed by atoms with Crippen LogP contribution in [0.4, 0.5) is 5.69 Å². The second kappa shape index (κ2) is 9.30. The van der Waals surface area contributed by atoms with Gasteiger partial charge in [-0.15, -0.1) is 11.8 Å². The lowest BCUT2D eigenvalue weighted by Gasteiger charge is -2.12. The molecule has 0 unspecified atom stereocenters. The smallest absolute Gasteiger partial charge is 0.239 e. The molecule has 0 bridgehead atoms. The molecular formula is C18H21ClN2O3S2. The molecule has 0 aromatic heterocycles. The van der Waals surface area contributed by atoms with Gasteiger partial charge in [-0.3, -0.25) is 4.79 Å². The Morgan fingerprint density at radius 2 is 1.85 bits per heavy atom. The van der Waals surface area contributed by atoms with Crippen molar-refractivity contribution in [3.63, 3.8) is 0 Å². The third-order valence-corrected chi connectivity index (χ3v) is 5.89. The summed E-state index contributed by atoms with van der Waals surface area (Å²) < 4.78 is 23.7. The highest BCUT2D eigenvalue weighted by Gasteiger charge is 2.14. The predicted octanol–water partition coefficient (Wildman–Crippen LogP) is 3.37. The third kappa shape index (κ3) is 6.55. The topological polar surface area (TPSA) is 75.3 Å². The second-order valence-electron chi connectivity index (χ2n) is 5.78. The van der Waals surface area contributed by atoms with E-state index in [1.54, 1.807) is 30.0 Å². The van der Waals surface area contributed by atoms with E-state index in [1.807, 2.05) is 31.2 Å². The molecule has 0 aliphatic carbocycles. The Bertz CT molecular complexity index is 869. The standard InChI is InChI=1S/C18H21ClN2O3S2/c1-13-3-8-16(17(11-13)26(2,23)24)21-12-18(22)20-9-10-25-15-6-4-14(19)5-7-15/h3-8,11,21H,9-10,12H2,1-2H3,(H,20,22). The van der Waals surface area contributed by atoms with Crippen LogP contribution in [0.15, 0.2) is 52.3 Å². The number of carbonyl (C=O) groups excluding carboxylic acids is 1. The first-order valence-corrected chi connectivity index (χ1v) is 11.2. The van der Waals surface area contributed by atoms with E-state index >= 15 is 0 Å². The van der Waals surface area contributed by atoms with Crippen molar-refractivity contribution in [2.45, 2.75) is 16.7 Å². The zero-order valence-corrected chi connectivity index (χ0v) is 17.0. The molecule has 2 aromatic rings. The van der Waals surface area contributed by atoms with Crippen molar-refractivity contribution in [1.29, 1.82) is 0 Å². The van der Waals surface area contributed by atoms with Crippen molar-refractivity contribution >= 4 is 44.8 Å². The van der Waals surface area contributed by atoms with Crippen LogP contribution in [0.2, 0.25) is 5.02 Å². The minimum Gasteiger partial charge on any atom is -0.375 e. The largest absolute Gasteiger partial charge is 0.375 e. The van der Waals surface area contributed by atoms with E-state index in [9.17, 15) is 13.2 Å². The number of nitrogens with one attached hydrogen (secondary N) is 2. The second-order valence-corrected chi connectivity index (χ2v) is 9.37. The molecule has 0 aliphatic heterocycles. The molecule has 0 heterocycles. The highest BCUT2D eigenvalue weighted by atomic mass is 35.5. The molecule has 0 aliphatic rings. The van der Waals surface area contributed by atoms with Crippen LogP contribution >= 0.6 is 23.4 Å². The molecule has 2 aromatic carbocycles. The van der Waals surface area contributed by atoms with Gasteiger partial charge in [-0.05, 0) is 48.9 Å². The molecule has 0 saturated heterocycles. The van der Waals surface area contributed by atoms with Crippen LogP contribution in [-0.4, -0.2) is 39.4 Å². The Morgan fingerprint density at radius 3 is 2.50 bits per heavy atom. The number of anilines is 1. The van der Waals surface area contributed by atoms with Crippen LogP contribution in [-0.2, 0) is 14.6 Å². The van der Waals surface area contributed by atoms with Crippen molar-refractivity contribution < 1.29 is 13.2 Å². The number of hydrogen-bond acceptors (Lipinski definition) is 5. The van der Waals surface area contributed by atoms with Crippen LogP contribution in [0, 0.1) is 6.92 Å². The van der Waals surface area contributed by atoms with Gasteiger partial charge in [0.25, 0.3) is 0 Å². The summed E-state index contributed by atoms with van der Waals surface area (Å²) >= 11 is 7.46. The Labute approximate surface area is 163 Å². The summed E-state index contributed by atoms with van der Waals surface area (Å²) in [7, 11) is -3.37. The van der Waals surface area contributed by atoms with E-state index in [0.717, 1.165) is 22.5 Å². The molecule has 0 radical (unpaired) electrons. The molecule has 0 spiro atoms. The summed E-state index contributed by atoms with van der Waals surface area (Å²) in [6.07, 6.45) is 1.15. The number of hydrogen-bond donors (Lipinski definition) is 2. The van der Waals surface area contributed by atoms with Gasteiger partial charge in [0.1, 0.15) is 0 Å². The lowest BCUT2D eigenvalue weighted by atomic mass is 10.2. The first-order chi connectivity index (χ1) is 12.3. The van der Waals surface area contributed by atoms with E-state index in [0.29, 0.717) is 17.3 Å². The van der Waals surface area contributed by atoms with Gasteiger partial charge in [0.2, 0.25) is 5.91 Å². The first kappa shape index (κ1) is 20.6. The summed E-state index contributed by atoms with van der Waals surface area (Å²) in [5, 5.41) is 6.40. The van der Waals surface area contributed by atoms with Crippen LogP contribution in [0.1, 0.15) is 5.56 Å². The van der Waals surface area contributed by atoms with Crippen LogP contribution in [0.25, 0.3) is 0 Å². The normalized spacial score (nSPS) is 11.2. The molecule has 1 amide bonds. The molecule has 0 atom stereocenters.